The first-order valence-electron chi connectivity index (χ1n) is 9.58. The van der Waals surface area contributed by atoms with Crippen molar-refractivity contribution in [3.63, 3.8) is 0 Å². The van der Waals surface area contributed by atoms with Gasteiger partial charge in [-0.2, -0.15) is 5.10 Å². The van der Waals surface area contributed by atoms with Gasteiger partial charge >= 0.3 is 0 Å². The van der Waals surface area contributed by atoms with Crippen LogP contribution in [-0.2, 0) is 6.42 Å². The second kappa shape index (κ2) is 10.1. The number of halogens is 1. The fourth-order valence-corrected chi connectivity index (χ4v) is 3.14. The topological polar surface area (TPSA) is 76.2 Å². The lowest BCUT2D eigenvalue weighted by atomic mass is 10.1. The predicted octanol–water partition coefficient (Wildman–Crippen LogP) is 4.61. The maximum Gasteiger partial charge on any atom is 0.269 e. The average molecular weight is 458 g/mol. The van der Waals surface area contributed by atoms with Crippen LogP contribution < -0.4 is 14.8 Å². The number of nitrogens with zero attached hydrogens (tertiary/aromatic N) is 1. The molecule has 0 bridgehead atoms. The molecule has 0 atom stereocenters. The Labute approximate surface area is 178 Å². The number of carbonyl (C=O) groups excluding carboxylic acids is 1. The number of rotatable bonds is 9. The van der Waals surface area contributed by atoms with Gasteiger partial charge in [-0.05, 0) is 56.2 Å². The van der Waals surface area contributed by atoms with Crippen molar-refractivity contribution in [1.29, 1.82) is 0 Å². The minimum Gasteiger partial charge on any atom is -0.490 e. The lowest BCUT2D eigenvalue weighted by Gasteiger charge is -2.12. The summed E-state index contributed by atoms with van der Waals surface area (Å²) in [6.07, 6.45) is 0.686. The number of aromatic amines is 1. The van der Waals surface area contributed by atoms with Crippen molar-refractivity contribution in [2.45, 2.75) is 20.3 Å². The van der Waals surface area contributed by atoms with Gasteiger partial charge in [-0.1, -0.05) is 34.1 Å². The highest BCUT2D eigenvalue weighted by Crippen LogP contribution is 2.28. The van der Waals surface area contributed by atoms with Crippen molar-refractivity contribution in [1.82, 2.24) is 15.5 Å². The van der Waals surface area contributed by atoms with Crippen molar-refractivity contribution in [3.05, 3.63) is 64.3 Å². The zero-order valence-electron chi connectivity index (χ0n) is 16.5. The van der Waals surface area contributed by atoms with Crippen molar-refractivity contribution < 1.29 is 14.3 Å². The molecule has 2 N–H and O–H groups in total. The molecule has 0 aliphatic carbocycles. The maximum atomic E-state index is 12.4. The minimum absolute atomic E-state index is 0.183. The van der Waals surface area contributed by atoms with Crippen LogP contribution in [0, 0.1) is 0 Å². The number of H-pyrrole nitrogens is 1. The first kappa shape index (κ1) is 20.9. The van der Waals surface area contributed by atoms with E-state index >= 15 is 0 Å². The number of hydrogen-bond donors (Lipinski definition) is 2. The molecule has 0 aliphatic heterocycles. The molecule has 3 rings (SSSR count). The SMILES string of the molecule is CCOc1ccc(CCNC(=O)c2cc(-c3ccc(Br)cc3)n[nH]2)cc1OCC. The van der Waals surface area contributed by atoms with Crippen LogP contribution in [0.15, 0.2) is 53.0 Å². The van der Waals surface area contributed by atoms with Crippen LogP contribution >= 0.6 is 15.9 Å². The van der Waals surface area contributed by atoms with E-state index in [0.717, 1.165) is 32.8 Å². The van der Waals surface area contributed by atoms with Crippen molar-refractivity contribution in [3.8, 4) is 22.8 Å². The van der Waals surface area contributed by atoms with E-state index in [1.807, 2.05) is 56.3 Å². The molecule has 0 fully saturated rings. The molecule has 0 aliphatic rings. The zero-order valence-corrected chi connectivity index (χ0v) is 18.1. The normalized spacial score (nSPS) is 10.6. The van der Waals surface area contributed by atoms with E-state index < -0.39 is 0 Å². The molecule has 1 amide bonds. The largest absolute Gasteiger partial charge is 0.490 e. The van der Waals surface area contributed by atoms with Gasteiger partial charge in [-0.3, -0.25) is 9.89 Å². The molecule has 0 radical (unpaired) electrons. The van der Waals surface area contributed by atoms with Gasteiger partial charge in [0, 0.05) is 16.6 Å². The van der Waals surface area contributed by atoms with Crippen LogP contribution in [-0.4, -0.2) is 35.9 Å². The third kappa shape index (κ3) is 5.60. The van der Waals surface area contributed by atoms with Crippen LogP contribution in [0.25, 0.3) is 11.3 Å². The molecular formula is C22H24BrN3O3. The molecule has 0 spiro atoms. The van der Waals surface area contributed by atoms with Crippen molar-refractivity contribution >= 4 is 21.8 Å². The Morgan fingerprint density at radius 3 is 2.48 bits per heavy atom. The third-order valence-corrected chi connectivity index (χ3v) is 4.80. The molecule has 1 aromatic heterocycles. The molecule has 29 heavy (non-hydrogen) atoms. The van der Waals surface area contributed by atoms with Crippen LogP contribution in [0.3, 0.4) is 0 Å². The van der Waals surface area contributed by atoms with Gasteiger partial charge in [0.05, 0.1) is 18.9 Å². The fraction of sp³-hybridized carbons (Fsp3) is 0.273. The monoisotopic (exact) mass is 457 g/mol. The Hall–Kier alpha value is -2.80. The Bertz CT molecular complexity index is 954. The number of nitrogens with one attached hydrogen (secondary N) is 2. The lowest BCUT2D eigenvalue weighted by molar-refractivity contribution is 0.0949. The minimum atomic E-state index is -0.183. The molecule has 1 heterocycles. The van der Waals surface area contributed by atoms with Crippen LogP contribution in [0.1, 0.15) is 29.9 Å². The van der Waals surface area contributed by atoms with E-state index in [2.05, 4.69) is 31.4 Å². The summed E-state index contributed by atoms with van der Waals surface area (Å²) in [5.41, 5.74) is 3.18. The van der Waals surface area contributed by atoms with Crippen LogP contribution in [0.2, 0.25) is 0 Å². The summed E-state index contributed by atoms with van der Waals surface area (Å²) in [5.74, 6) is 1.28. The third-order valence-electron chi connectivity index (χ3n) is 4.27. The second-order valence-corrected chi connectivity index (χ2v) is 7.24. The first-order chi connectivity index (χ1) is 14.1. The molecule has 7 heteroatoms. The predicted molar refractivity (Wildman–Crippen MR) is 117 cm³/mol. The number of carbonyl (C=O) groups is 1. The Balaban J connectivity index is 1.57. The smallest absolute Gasteiger partial charge is 0.269 e. The summed E-state index contributed by atoms with van der Waals surface area (Å²) >= 11 is 3.41. The molecule has 2 aromatic carbocycles. The van der Waals surface area contributed by atoms with Gasteiger partial charge < -0.3 is 14.8 Å². The molecule has 6 nitrogen and oxygen atoms in total. The first-order valence-corrected chi connectivity index (χ1v) is 10.4. The van der Waals surface area contributed by atoms with Gasteiger partial charge in [0.1, 0.15) is 5.69 Å². The van der Waals surface area contributed by atoms with E-state index in [-0.39, 0.29) is 5.91 Å². The second-order valence-electron chi connectivity index (χ2n) is 6.33. The zero-order chi connectivity index (χ0) is 20.6. The highest BCUT2D eigenvalue weighted by atomic mass is 79.9. The van der Waals surface area contributed by atoms with Gasteiger partial charge in [-0.15, -0.1) is 0 Å². The number of ether oxygens (including phenoxy) is 2. The van der Waals surface area contributed by atoms with E-state index in [4.69, 9.17) is 9.47 Å². The van der Waals surface area contributed by atoms with Gasteiger partial charge in [0.2, 0.25) is 0 Å². The molecule has 152 valence electrons. The summed E-state index contributed by atoms with van der Waals surface area (Å²) in [5, 5.41) is 9.96. The Morgan fingerprint density at radius 2 is 1.76 bits per heavy atom. The van der Waals surface area contributed by atoms with Crippen molar-refractivity contribution in [2.75, 3.05) is 19.8 Å². The Morgan fingerprint density at radius 1 is 1.03 bits per heavy atom. The molecule has 0 unspecified atom stereocenters. The van der Waals surface area contributed by atoms with Crippen molar-refractivity contribution in [2.24, 2.45) is 0 Å². The summed E-state index contributed by atoms with van der Waals surface area (Å²) in [7, 11) is 0. The summed E-state index contributed by atoms with van der Waals surface area (Å²) < 4.78 is 12.2. The average Bonchev–Trinajstić information content (AvgIpc) is 3.21. The van der Waals surface area contributed by atoms with Gasteiger partial charge in [0.25, 0.3) is 5.91 Å². The van der Waals surface area contributed by atoms with E-state index in [1.165, 1.54) is 0 Å². The summed E-state index contributed by atoms with van der Waals surface area (Å²) in [4.78, 5) is 12.4. The van der Waals surface area contributed by atoms with Crippen LogP contribution in [0.4, 0.5) is 0 Å². The molecule has 3 aromatic rings. The quantitative estimate of drug-likeness (QED) is 0.491. The number of aromatic nitrogens is 2. The Kier molecular flexibility index (Phi) is 7.30. The number of hydrogen-bond acceptors (Lipinski definition) is 4. The van der Waals surface area contributed by atoms with E-state index in [1.54, 1.807) is 6.07 Å². The number of amides is 1. The summed E-state index contributed by atoms with van der Waals surface area (Å²) in [6.45, 7) is 5.54. The van der Waals surface area contributed by atoms with Gasteiger partial charge in [0.15, 0.2) is 11.5 Å². The maximum absolute atomic E-state index is 12.4. The fourth-order valence-electron chi connectivity index (χ4n) is 2.87. The highest BCUT2D eigenvalue weighted by Gasteiger charge is 2.11. The summed E-state index contributed by atoms with van der Waals surface area (Å²) in [6, 6.07) is 15.4. The molecule has 0 saturated carbocycles. The molecular weight excluding hydrogens is 434 g/mol. The van der Waals surface area contributed by atoms with E-state index in [0.29, 0.717) is 31.9 Å². The van der Waals surface area contributed by atoms with E-state index in [9.17, 15) is 4.79 Å². The molecule has 0 saturated heterocycles. The van der Waals surface area contributed by atoms with Crippen LogP contribution in [0.5, 0.6) is 11.5 Å². The number of benzene rings is 2. The lowest BCUT2D eigenvalue weighted by Crippen LogP contribution is -2.26. The van der Waals surface area contributed by atoms with Gasteiger partial charge in [-0.25, -0.2) is 0 Å². The highest BCUT2D eigenvalue weighted by molar-refractivity contribution is 9.10. The standard InChI is InChI=1S/C22H24BrN3O3/c1-3-28-20-10-5-15(13-21(20)29-4-2)11-12-24-22(27)19-14-18(25-26-19)16-6-8-17(23)9-7-16/h5-10,13-14H,3-4,11-12H2,1-2H3,(H,24,27)(H,25,26).